The van der Waals surface area contributed by atoms with Crippen molar-refractivity contribution < 1.29 is 13.5 Å². The minimum absolute atomic E-state index is 0.0296. The Balaban J connectivity index is 2.45. The van der Waals surface area contributed by atoms with Crippen molar-refractivity contribution in [2.24, 2.45) is 0 Å². The van der Waals surface area contributed by atoms with Crippen LogP contribution in [0.25, 0.3) is 0 Å². The van der Waals surface area contributed by atoms with Gasteiger partial charge in [0, 0.05) is 6.54 Å². The highest BCUT2D eigenvalue weighted by Crippen LogP contribution is 2.04. The minimum Gasteiger partial charge on any atom is -0.392 e. The smallest absolute Gasteiger partial charge is 0.208 e. The van der Waals surface area contributed by atoms with Gasteiger partial charge in [0.15, 0.2) is 0 Å². The van der Waals surface area contributed by atoms with E-state index in [4.69, 9.17) is 5.11 Å². The molecule has 0 saturated heterocycles. The van der Waals surface area contributed by atoms with Crippen LogP contribution < -0.4 is 4.72 Å². The van der Waals surface area contributed by atoms with Gasteiger partial charge in [-0.1, -0.05) is 24.3 Å². The van der Waals surface area contributed by atoms with Crippen LogP contribution in [0.3, 0.4) is 0 Å². The zero-order valence-corrected chi connectivity index (χ0v) is 9.42. The van der Waals surface area contributed by atoms with Gasteiger partial charge in [0.05, 0.1) is 12.9 Å². The summed E-state index contributed by atoms with van der Waals surface area (Å²) in [5.41, 5.74) is 1.90. The molecule has 0 fully saturated rings. The highest BCUT2D eigenvalue weighted by Gasteiger charge is 1.99. The quantitative estimate of drug-likeness (QED) is 0.761. The molecule has 15 heavy (non-hydrogen) atoms. The molecular weight excluding hydrogens is 214 g/mol. The lowest BCUT2D eigenvalue weighted by Gasteiger charge is -2.03. The molecule has 0 spiro atoms. The first-order valence-electron chi connectivity index (χ1n) is 4.64. The van der Waals surface area contributed by atoms with Crippen molar-refractivity contribution in [2.75, 3.05) is 12.8 Å². The van der Waals surface area contributed by atoms with Crippen molar-refractivity contribution >= 4 is 10.0 Å². The van der Waals surface area contributed by atoms with Gasteiger partial charge in [0.1, 0.15) is 0 Å². The standard InChI is InChI=1S/C10H15NO3S/c1-15(13,14)11-7-6-9-2-4-10(8-12)5-3-9/h2-5,11-12H,6-8H2,1H3. The molecular formula is C10H15NO3S. The molecule has 1 rings (SSSR count). The lowest BCUT2D eigenvalue weighted by atomic mass is 10.1. The van der Waals surface area contributed by atoms with E-state index in [0.29, 0.717) is 13.0 Å². The van der Waals surface area contributed by atoms with E-state index < -0.39 is 10.0 Å². The summed E-state index contributed by atoms with van der Waals surface area (Å²) >= 11 is 0. The van der Waals surface area contributed by atoms with Crippen molar-refractivity contribution in [2.45, 2.75) is 13.0 Å². The number of aliphatic hydroxyl groups excluding tert-OH is 1. The van der Waals surface area contributed by atoms with Crippen LogP contribution in [0.5, 0.6) is 0 Å². The summed E-state index contributed by atoms with van der Waals surface area (Å²) in [6.45, 7) is 0.430. The lowest BCUT2D eigenvalue weighted by Crippen LogP contribution is -2.24. The molecule has 0 bridgehead atoms. The van der Waals surface area contributed by atoms with Gasteiger partial charge in [-0.15, -0.1) is 0 Å². The van der Waals surface area contributed by atoms with Gasteiger partial charge in [0.2, 0.25) is 10.0 Å². The molecule has 0 radical (unpaired) electrons. The Bertz CT molecular complexity index is 397. The third-order valence-electron chi connectivity index (χ3n) is 1.98. The Morgan fingerprint density at radius 3 is 2.20 bits per heavy atom. The fourth-order valence-electron chi connectivity index (χ4n) is 1.19. The second kappa shape index (κ2) is 5.25. The van der Waals surface area contributed by atoms with Crippen LogP contribution in [0.15, 0.2) is 24.3 Å². The maximum Gasteiger partial charge on any atom is 0.208 e. The van der Waals surface area contributed by atoms with Crippen molar-refractivity contribution in [1.82, 2.24) is 4.72 Å². The molecule has 0 amide bonds. The largest absolute Gasteiger partial charge is 0.392 e. The molecule has 0 aliphatic heterocycles. The zero-order chi connectivity index (χ0) is 11.3. The van der Waals surface area contributed by atoms with E-state index in [9.17, 15) is 8.42 Å². The fraction of sp³-hybridized carbons (Fsp3) is 0.400. The van der Waals surface area contributed by atoms with Gasteiger partial charge in [0.25, 0.3) is 0 Å². The van der Waals surface area contributed by atoms with Crippen LogP contribution in [0.2, 0.25) is 0 Å². The topological polar surface area (TPSA) is 66.4 Å². The predicted octanol–water partition coefficient (Wildman–Crippen LogP) is 0.271. The summed E-state index contributed by atoms with van der Waals surface area (Å²) in [4.78, 5) is 0. The minimum atomic E-state index is -3.10. The van der Waals surface area contributed by atoms with E-state index in [2.05, 4.69) is 4.72 Å². The lowest BCUT2D eigenvalue weighted by molar-refractivity contribution is 0.282. The summed E-state index contributed by atoms with van der Waals surface area (Å²) in [7, 11) is -3.10. The first-order valence-corrected chi connectivity index (χ1v) is 6.54. The monoisotopic (exact) mass is 229 g/mol. The molecule has 0 aliphatic carbocycles. The average molecular weight is 229 g/mol. The molecule has 84 valence electrons. The zero-order valence-electron chi connectivity index (χ0n) is 8.60. The molecule has 0 atom stereocenters. The normalized spacial score (nSPS) is 11.6. The number of benzene rings is 1. The SMILES string of the molecule is CS(=O)(=O)NCCc1ccc(CO)cc1. The molecule has 0 heterocycles. The third kappa shape index (κ3) is 4.92. The molecule has 0 aliphatic rings. The Kier molecular flexibility index (Phi) is 4.26. The molecule has 2 N–H and O–H groups in total. The highest BCUT2D eigenvalue weighted by atomic mass is 32.2. The van der Waals surface area contributed by atoms with Gasteiger partial charge in [-0.25, -0.2) is 13.1 Å². The number of hydrogen-bond acceptors (Lipinski definition) is 3. The first kappa shape index (κ1) is 12.2. The second-order valence-electron chi connectivity index (χ2n) is 3.39. The van der Waals surface area contributed by atoms with Crippen LogP contribution in [0.4, 0.5) is 0 Å². The molecule has 5 heteroatoms. The van der Waals surface area contributed by atoms with Gasteiger partial charge in [-0.3, -0.25) is 0 Å². The van der Waals surface area contributed by atoms with E-state index in [1.54, 1.807) is 0 Å². The van der Waals surface area contributed by atoms with Crippen molar-refractivity contribution in [3.63, 3.8) is 0 Å². The summed E-state index contributed by atoms with van der Waals surface area (Å²) in [6.07, 6.45) is 1.79. The van der Waals surface area contributed by atoms with Crippen molar-refractivity contribution in [3.8, 4) is 0 Å². The molecule has 1 aromatic carbocycles. The van der Waals surface area contributed by atoms with Crippen molar-refractivity contribution in [1.29, 1.82) is 0 Å². The third-order valence-corrected chi connectivity index (χ3v) is 2.71. The molecule has 0 unspecified atom stereocenters. The van der Waals surface area contributed by atoms with Gasteiger partial charge in [-0.05, 0) is 17.5 Å². The summed E-state index contributed by atoms with van der Waals surface area (Å²) in [5.74, 6) is 0. The van der Waals surface area contributed by atoms with E-state index in [-0.39, 0.29) is 6.61 Å². The molecule has 1 aromatic rings. The maximum atomic E-state index is 10.8. The van der Waals surface area contributed by atoms with Gasteiger partial charge in [-0.2, -0.15) is 0 Å². The Labute approximate surface area is 90.0 Å². The van der Waals surface area contributed by atoms with Crippen LogP contribution in [0, 0.1) is 0 Å². The molecule has 4 nitrogen and oxygen atoms in total. The fourth-order valence-corrected chi connectivity index (χ4v) is 1.66. The predicted molar refractivity (Wildman–Crippen MR) is 58.9 cm³/mol. The van der Waals surface area contributed by atoms with Crippen LogP contribution in [-0.2, 0) is 23.1 Å². The van der Waals surface area contributed by atoms with Gasteiger partial charge < -0.3 is 5.11 Å². The van der Waals surface area contributed by atoms with Crippen molar-refractivity contribution in [3.05, 3.63) is 35.4 Å². The number of rotatable bonds is 5. The highest BCUT2D eigenvalue weighted by molar-refractivity contribution is 7.88. The average Bonchev–Trinajstić information content (AvgIpc) is 2.17. The van der Waals surface area contributed by atoms with E-state index >= 15 is 0 Å². The van der Waals surface area contributed by atoms with Crippen LogP contribution in [0.1, 0.15) is 11.1 Å². The number of sulfonamides is 1. The van der Waals surface area contributed by atoms with Crippen LogP contribution in [-0.4, -0.2) is 26.3 Å². The second-order valence-corrected chi connectivity index (χ2v) is 5.22. The maximum absolute atomic E-state index is 10.8. The molecule has 0 saturated carbocycles. The Morgan fingerprint density at radius 1 is 1.20 bits per heavy atom. The van der Waals surface area contributed by atoms with E-state index in [1.807, 2.05) is 24.3 Å². The van der Waals surface area contributed by atoms with Crippen LogP contribution >= 0.6 is 0 Å². The summed E-state index contributed by atoms with van der Waals surface area (Å²) in [5, 5.41) is 8.82. The summed E-state index contributed by atoms with van der Waals surface area (Å²) in [6, 6.07) is 7.43. The number of aliphatic hydroxyl groups is 1. The number of nitrogens with one attached hydrogen (secondary N) is 1. The van der Waals surface area contributed by atoms with E-state index in [0.717, 1.165) is 17.4 Å². The molecule has 0 aromatic heterocycles. The summed E-state index contributed by atoms with van der Waals surface area (Å²) < 4.78 is 24.0. The number of hydrogen-bond donors (Lipinski definition) is 2. The Hall–Kier alpha value is -0.910. The van der Waals surface area contributed by atoms with E-state index in [1.165, 1.54) is 0 Å². The Morgan fingerprint density at radius 2 is 1.73 bits per heavy atom. The van der Waals surface area contributed by atoms with Gasteiger partial charge >= 0.3 is 0 Å². The first-order chi connectivity index (χ1) is 7.01.